The maximum atomic E-state index is 4.39. The lowest BCUT2D eigenvalue weighted by atomic mass is 10.0. The first-order valence-electron chi connectivity index (χ1n) is 6.53. The molecule has 3 heteroatoms. The van der Waals surface area contributed by atoms with E-state index in [1.807, 2.05) is 24.0 Å². The standard InChI is InChI=1S/C15H21N3/c1-4-8-16-12(2)13-6-5-7-14(11-13)15-17-9-10-18(15)3/h5-7,9-12,16H,4,8H2,1-3H3. The molecule has 0 saturated heterocycles. The first-order valence-corrected chi connectivity index (χ1v) is 6.53. The molecule has 2 rings (SSSR count). The van der Waals surface area contributed by atoms with Gasteiger partial charge in [-0.2, -0.15) is 0 Å². The molecule has 0 saturated carbocycles. The summed E-state index contributed by atoms with van der Waals surface area (Å²) in [5.41, 5.74) is 2.48. The third-order valence-corrected chi connectivity index (χ3v) is 3.17. The van der Waals surface area contributed by atoms with Crippen molar-refractivity contribution >= 4 is 0 Å². The van der Waals surface area contributed by atoms with Crippen molar-refractivity contribution in [2.24, 2.45) is 7.05 Å². The van der Waals surface area contributed by atoms with Crippen LogP contribution in [0.3, 0.4) is 0 Å². The van der Waals surface area contributed by atoms with Crippen molar-refractivity contribution in [1.82, 2.24) is 14.9 Å². The molecule has 3 nitrogen and oxygen atoms in total. The van der Waals surface area contributed by atoms with E-state index < -0.39 is 0 Å². The second kappa shape index (κ2) is 5.83. The zero-order valence-corrected chi connectivity index (χ0v) is 11.4. The van der Waals surface area contributed by atoms with Crippen molar-refractivity contribution in [3.8, 4) is 11.4 Å². The van der Waals surface area contributed by atoms with Crippen molar-refractivity contribution in [3.05, 3.63) is 42.2 Å². The lowest BCUT2D eigenvalue weighted by Gasteiger charge is -2.14. The Morgan fingerprint density at radius 3 is 2.89 bits per heavy atom. The van der Waals surface area contributed by atoms with E-state index >= 15 is 0 Å². The molecule has 1 heterocycles. The van der Waals surface area contributed by atoms with E-state index in [9.17, 15) is 0 Å². The number of nitrogens with zero attached hydrogens (tertiary/aromatic N) is 2. The van der Waals surface area contributed by atoms with E-state index in [-0.39, 0.29) is 0 Å². The lowest BCUT2D eigenvalue weighted by Crippen LogP contribution is -2.19. The second-order valence-electron chi connectivity index (χ2n) is 4.66. The highest BCUT2D eigenvalue weighted by molar-refractivity contribution is 5.56. The van der Waals surface area contributed by atoms with Gasteiger partial charge in [-0.1, -0.05) is 25.1 Å². The minimum atomic E-state index is 0.380. The van der Waals surface area contributed by atoms with Crippen LogP contribution in [0.25, 0.3) is 11.4 Å². The van der Waals surface area contributed by atoms with Crippen LogP contribution in [0, 0.1) is 0 Å². The van der Waals surface area contributed by atoms with E-state index in [0.717, 1.165) is 18.8 Å². The number of hydrogen-bond donors (Lipinski definition) is 1. The molecule has 0 aliphatic heterocycles. The summed E-state index contributed by atoms with van der Waals surface area (Å²) in [7, 11) is 2.02. The largest absolute Gasteiger partial charge is 0.334 e. The summed E-state index contributed by atoms with van der Waals surface area (Å²) in [4.78, 5) is 4.39. The number of nitrogens with one attached hydrogen (secondary N) is 1. The Morgan fingerprint density at radius 1 is 1.39 bits per heavy atom. The number of aromatic nitrogens is 2. The fourth-order valence-electron chi connectivity index (χ4n) is 2.07. The van der Waals surface area contributed by atoms with Crippen LogP contribution < -0.4 is 5.32 Å². The molecule has 96 valence electrons. The Bertz CT molecular complexity index is 502. The number of aryl methyl sites for hydroxylation is 1. The highest BCUT2D eigenvalue weighted by Crippen LogP contribution is 2.21. The minimum absolute atomic E-state index is 0.380. The van der Waals surface area contributed by atoms with E-state index in [0.29, 0.717) is 6.04 Å². The van der Waals surface area contributed by atoms with Gasteiger partial charge in [0.05, 0.1) is 0 Å². The van der Waals surface area contributed by atoms with Gasteiger partial charge < -0.3 is 9.88 Å². The predicted octanol–water partition coefficient (Wildman–Crippen LogP) is 3.15. The van der Waals surface area contributed by atoms with E-state index in [2.05, 4.69) is 48.4 Å². The van der Waals surface area contributed by atoms with Crippen molar-refractivity contribution < 1.29 is 0 Å². The number of rotatable bonds is 5. The maximum Gasteiger partial charge on any atom is 0.139 e. The van der Waals surface area contributed by atoms with Crippen LogP contribution in [-0.4, -0.2) is 16.1 Å². The normalized spacial score (nSPS) is 12.6. The van der Waals surface area contributed by atoms with Gasteiger partial charge in [0.15, 0.2) is 0 Å². The van der Waals surface area contributed by atoms with Gasteiger partial charge in [0.1, 0.15) is 5.82 Å². The van der Waals surface area contributed by atoms with Gasteiger partial charge in [-0.25, -0.2) is 4.98 Å². The van der Waals surface area contributed by atoms with Crippen molar-refractivity contribution in [1.29, 1.82) is 0 Å². The van der Waals surface area contributed by atoms with Crippen LogP contribution in [0.5, 0.6) is 0 Å². The van der Waals surface area contributed by atoms with Crippen LogP contribution in [0.4, 0.5) is 0 Å². The lowest BCUT2D eigenvalue weighted by molar-refractivity contribution is 0.571. The molecule has 1 unspecified atom stereocenters. The molecular formula is C15H21N3. The molecule has 18 heavy (non-hydrogen) atoms. The number of hydrogen-bond acceptors (Lipinski definition) is 2. The summed E-state index contributed by atoms with van der Waals surface area (Å²) in [6, 6.07) is 8.97. The van der Waals surface area contributed by atoms with Gasteiger partial charge >= 0.3 is 0 Å². The van der Waals surface area contributed by atoms with Crippen molar-refractivity contribution in [3.63, 3.8) is 0 Å². The zero-order chi connectivity index (χ0) is 13.0. The van der Waals surface area contributed by atoms with Gasteiger partial charge in [0.25, 0.3) is 0 Å². The molecule has 1 aromatic carbocycles. The van der Waals surface area contributed by atoms with E-state index in [4.69, 9.17) is 0 Å². The monoisotopic (exact) mass is 243 g/mol. The van der Waals surface area contributed by atoms with Crippen LogP contribution in [-0.2, 0) is 7.05 Å². The Kier molecular flexibility index (Phi) is 4.15. The quantitative estimate of drug-likeness (QED) is 0.874. The van der Waals surface area contributed by atoms with Gasteiger partial charge in [0.2, 0.25) is 0 Å². The molecule has 2 aromatic rings. The molecule has 0 aliphatic rings. The summed E-state index contributed by atoms with van der Waals surface area (Å²) in [5, 5.41) is 3.51. The fraction of sp³-hybridized carbons (Fsp3) is 0.400. The molecule has 0 aliphatic carbocycles. The third-order valence-electron chi connectivity index (χ3n) is 3.17. The topological polar surface area (TPSA) is 29.9 Å². The first-order chi connectivity index (χ1) is 8.72. The molecule has 1 N–H and O–H groups in total. The van der Waals surface area contributed by atoms with Crippen molar-refractivity contribution in [2.45, 2.75) is 26.3 Å². The summed E-state index contributed by atoms with van der Waals surface area (Å²) < 4.78 is 2.04. The van der Waals surface area contributed by atoms with Gasteiger partial charge in [0, 0.05) is 31.0 Å². The van der Waals surface area contributed by atoms with Gasteiger partial charge in [-0.15, -0.1) is 0 Å². The molecule has 0 spiro atoms. The molecule has 0 fully saturated rings. The average molecular weight is 243 g/mol. The Labute approximate surface area is 109 Å². The highest BCUT2D eigenvalue weighted by atomic mass is 15.0. The van der Waals surface area contributed by atoms with Gasteiger partial charge in [-0.3, -0.25) is 0 Å². The average Bonchev–Trinajstić information content (AvgIpc) is 2.82. The molecule has 1 aromatic heterocycles. The van der Waals surface area contributed by atoms with Crippen LogP contribution in [0.15, 0.2) is 36.7 Å². The zero-order valence-electron chi connectivity index (χ0n) is 11.4. The summed E-state index contributed by atoms with van der Waals surface area (Å²) in [6.45, 7) is 5.44. The van der Waals surface area contributed by atoms with E-state index in [1.54, 1.807) is 0 Å². The van der Waals surface area contributed by atoms with E-state index in [1.165, 1.54) is 11.1 Å². The smallest absolute Gasteiger partial charge is 0.139 e. The second-order valence-corrected chi connectivity index (χ2v) is 4.66. The summed E-state index contributed by atoms with van der Waals surface area (Å²) in [6.07, 6.45) is 4.96. The Morgan fingerprint density at radius 2 is 2.22 bits per heavy atom. The maximum absolute atomic E-state index is 4.39. The summed E-state index contributed by atoms with van der Waals surface area (Å²) >= 11 is 0. The van der Waals surface area contributed by atoms with Crippen LogP contribution in [0.1, 0.15) is 31.9 Å². The van der Waals surface area contributed by atoms with Gasteiger partial charge in [-0.05, 0) is 31.5 Å². The Hall–Kier alpha value is -1.61. The minimum Gasteiger partial charge on any atom is -0.334 e. The molecule has 0 amide bonds. The Balaban J connectivity index is 2.22. The SMILES string of the molecule is CCCNC(C)c1cccc(-c2nccn2C)c1. The van der Waals surface area contributed by atoms with Crippen molar-refractivity contribution in [2.75, 3.05) is 6.54 Å². The summed E-state index contributed by atoms with van der Waals surface area (Å²) in [5.74, 6) is 1.01. The predicted molar refractivity (Wildman–Crippen MR) is 75.4 cm³/mol. The molecule has 1 atom stereocenters. The molecular weight excluding hydrogens is 222 g/mol. The first kappa shape index (κ1) is 12.8. The molecule has 0 bridgehead atoms. The highest BCUT2D eigenvalue weighted by Gasteiger charge is 2.07. The fourth-order valence-corrected chi connectivity index (χ4v) is 2.07. The van der Waals surface area contributed by atoms with Crippen LogP contribution >= 0.6 is 0 Å². The number of benzene rings is 1. The van der Waals surface area contributed by atoms with Crippen LogP contribution in [0.2, 0.25) is 0 Å². The number of imidazole rings is 1. The molecule has 0 radical (unpaired) electrons. The third kappa shape index (κ3) is 2.79.